The Hall–Kier alpha value is -1.53. The van der Waals surface area contributed by atoms with Crippen molar-refractivity contribution in [1.29, 1.82) is 0 Å². The van der Waals surface area contributed by atoms with Crippen molar-refractivity contribution in [1.82, 2.24) is 15.5 Å². The van der Waals surface area contributed by atoms with Gasteiger partial charge in [0.1, 0.15) is 0 Å². The van der Waals surface area contributed by atoms with Gasteiger partial charge in [-0.05, 0) is 44.0 Å². The molecule has 1 aromatic carbocycles. The molecule has 0 aliphatic heterocycles. The highest BCUT2D eigenvalue weighted by Gasteiger charge is 2.23. The number of hydrogen-bond acceptors (Lipinski definition) is 5. The Balaban J connectivity index is 1.59. The van der Waals surface area contributed by atoms with Crippen LogP contribution in [0.4, 0.5) is 0 Å². The molecule has 1 aliphatic carbocycles. The van der Waals surface area contributed by atoms with Gasteiger partial charge in [-0.15, -0.1) is 10.2 Å². The molecule has 0 bridgehead atoms. The lowest BCUT2D eigenvalue weighted by Gasteiger charge is -2.14. The third kappa shape index (κ3) is 4.26. The third-order valence-corrected chi connectivity index (χ3v) is 5.03. The molecule has 1 fully saturated rings. The maximum absolute atomic E-state index is 12.2. The van der Waals surface area contributed by atoms with Crippen molar-refractivity contribution in [2.75, 3.05) is 0 Å². The standard InChI is InChI=1S/C16H18ClN3O2S/c1-10(14(21)18-13-4-2-3-5-13)23-16-20-19-15(22-16)11-6-8-12(17)9-7-11/h6-10,13H,2-5H2,1H3,(H,18,21). The SMILES string of the molecule is CC(Sc1nnc(-c2ccc(Cl)cc2)o1)C(=O)NC1CCCC1. The van der Waals surface area contributed by atoms with Crippen LogP contribution in [0.5, 0.6) is 0 Å². The highest BCUT2D eigenvalue weighted by atomic mass is 35.5. The average molecular weight is 352 g/mol. The van der Waals surface area contributed by atoms with Gasteiger partial charge in [0, 0.05) is 16.6 Å². The van der Waals surface area contributed by atoms with E-state index < -0.39 is 0 Å². The van der Waals surface area contributed by atoms with E-state index in [0.29, 0.717) is 22.2 Å². The van der Waals surface area contributed by atoms with Crippen LogP contribution >= 0.6 is 23.4 Å². The zero-order chi connectivity index (χ0) is 16.2. The second-order valence-corrected chi connectivity index (χ2v) is 7.36. The molecule has 0 spiro atoms. The maximum Gasteiger partial charge on any atom is 0.277 e. The Morgan fingerprint density at radius 2 is 2.00 bits per heavy atom. The molecule has 0 saturated heterocycles. The number of amides is 1. The minimum atomic E-state index is -0.269. The minimum Gasteiger partial charge on any atom is -0.411 e. The van der Waals surface area contributed by atoms with E-state index >= 15 is 0 Å². The number of thioether (sulfide) groups is 1. The zero-order valence-corrected chi connectivity index (χ0v) is 14.4. The molecule has 7 heteroatoms. The molecule has 3 rings (SSSR count). The first-order valence-electron chi connectivity index (χ1n) is 7.68. The molecular weight excluding hydrogens is 334 g/mol. The average Bonchev–Trinajstić information content (AvgIpc) is 3.20. The van der Waals surface area contributed by atoms with Gasteiger partial charge in [-0.3, -0.25) is 4.79 Å². The number of carbonyl (C=O) groups is 1. The highest BCUT2D eigenvalue weighted by molar-refractivity contribution is 8.00. The number of hydrogen-bond donors (Lipinski definition) is 1. The van der Waals surface area contributed by atoms with Gasteiger partial charge in [0.2, 0.25) is 11.8 Å². The number of nitrogens with zero attached hydrogens (tertiary/aromatic N) is 2. The van der Waals surface area contributed by atoms with Crippen molar-refractivity contribution in [2.24, 2.45) is 0 Å². The van der Waals surface area contributed by atoms with E-state index in [1.807, 2.05) is 19.1 Å². The van der Waals surface area contributed by atoms with Crippen molar-refractivity contribution in [3.05, 3.63) is 29.3 Å². The largest absolute Gasteiger partial charge is 0.411 e. The number of aromatic nitrogens is 2. The molecule has 1 N–H and O–H groups in total. The van der Waals surface area contributed by atoms with Crippen LogP contribution in [0.25, 0.3) is 11.5 Å². The Kier molecular flexibility index (Phi) is 5.23. The van der Waals surface area contributed by atoms with E-state index in [0.717, 1.165) is 18.4 Å². The lowest BCUT2D eigenvalue weighted by molar-refractivity contribution is -0.120. The molecule has 23 heavy (non-hydrogen) atoms. The monoisotopic (exact) mass is 351 g/mol. The van der Waals surface area contributed by atoms with Crippen molar-refractivity contribution < 1.29 is 9.21 Å². The van der Waals surface area contributed by atoms with Crippen LogP contribution in [0, 0.1) is 0 Å². The van der Waals surface area contributed by atoms with Crippen LogP contribution < -0.4 is 5.32 Å². The summed E-state index contributed by atoms with van der Waals surface area (Å²) in [5, 5.41) is 11.9. The summed E-state index contributed by atoms with van der Waals surface area (Å²) in [6, 6.07) is 7.50. The summed E-state index contributed by atoms with van der Waals surface area (Å²) in [5.74, 6) is 0.445. The van der Waals surface area contributed by atoms with Crippen LogP contribution in [0.1, 0.15) is 32.6 Å². The van der Waals surface area contributed by atoms with Gasteiger partial charge in [-0.1, -0.05) is 36.2 Å². The van der Waals surface area contributed by atoms with Crippen molar-refractivity contribution >= 4 is 29.3 Å². The molecule has 2 aromatic rings. The smallest absolute Gasteiger partial charge is 0.277 e. The second-order valence-electron chi connectivity index (χ2n) is 5.63. The second kappa shape index (κ2) is 7.36. The summed E-state index contributed by atoms with van der Waals surface area (Å²) >= 11 is 7.14. The Labute approximate surface area is 144 Å². The molecule has 1 amide bonds. The Bertz CT molecular complexity index is 668. The number of nitrogens with one attached hydrogen (secondary N) is 1. The van der Waals surface area contributed by atoms with Gasteiger partial charge in [-0.25, -0.2) is 0 Å². The zero-order valence-electron chi connectivity index (χ0n) is 12.8. The van der Waals surface area contributed by atoms with Crippen molar-refractivity contribution in [3.63, 3.8) is 0 Å². The quantitative estimate of drug-likeness (QED) is 0.826. The van der Waals surface area contributed by atoms with Crippen LogP contribution in [-0.4, -0.2) is 27.4 Å². The van der Waals surface area contributed by atoms with Gasteiger partial charge in [0.15, 0.2) is 0 Å². The lowest BCUT2D eigenvalue weighted by Crippen LogP contribution is -2.37. The van der Waals surface area contributed by atoms with Crippen molar-refractivity contribution in [3.8, 4) is 11.5 Å². The van der Waals surface area contributed by atoms with Crippen LogP contribution in [0.15, 0.2) is 33.9 Å². The van der Waals surface area contributed by atoms with Gasteiger partial charge >= 0.3 is 0 Å². The van der Waals surface area contributed by atoms with Crippen LogP contribution in [0.2, 0.25) is 5.02 Å². The molecule has 1 atom stereocenters. The maximum atomic E-state index is 12.2. The molecule has 0 radical (unpaired) electrons. The third-order valence-electron chi connectivity index (χ3n) is 3.85. The Morgan fingerprint density at radius 3 is 2.70 bits per heavy atom. The topological polar surface area (TPSA) is 68.0 Å². The molecule has 1 unspecified atom stereocenters. The van der Waals surface area contributed by atoms with Gasteiger partial charge in [0.05, 0.1) is 5.25 Å². The first-order valence-corrected chi connectivity index (χ1v) is 8.94. The van der Waals surface area contributed by atoms with E-state index in [1.54, 1.807) is 12.1 Å². The summed E-state index contributed by atoms with van der Waals surface area (Å²) in [7, 11) is 0. The summed E-state index contributed by atoms with van der Waals surface area (Å²) in [4.78, 5) is 12.2. The summed E-state index contributed by atoms with van der Waals surface area (Å²) in [5.41, 5.74) is 0.803. The molecule has 5 nitrogen and oxygen atoms in total. The summed E-state index contributed by atoms with van der Waals surface area (Å²) < 4.78 is 5.62. The molecule has 1 saturated carbocycles. The van der Waals surface area contributed by atoms with E-state index in [4.69, 9.17) is 16.0 Å². The predicted octanol–water partition coefficient (Wildman–Crippen LogP) is 3.93. The van der Waals surface area contributed by atoms with Gasteiger partial charge in [-0.2, -0.15) is 0 Å². The number of carbonyl (C=O) groups excluding carboxylic acids is 1. The van der Waals surface area contributed by atoms with E-state index in [1.165, 1.54) is 24.6 Å². The number of benzene rings is 1. The molecule has 1 heterocycles. The van der Waals surface area contributed by atoms with E-state index in [-0.39, 0.29) is 11.2 Å². The molecular formula is C16H18ClN3O2S. The summed E-state index contributed by atoms with van der Waals surface area (Å²) in [6.45, 7) is 1.85. The normalized spacial score (nSPS) is 16.4. The highest BCUT2D eigenvalue weighted by Crippen LogP contribution is 2.27. The fraction of sp³-hybridized carbons (Fsp3) is 0.438. The van der Waals surface area contributed by atoms with Crippen LogP contribution in [0.3, 0.4) is 0 Å². The number of halogens is 1. The van der Waals surface area contributed by atoms with E-state index in [2.05, 4.69) is 15.5 Å². The van der Waals surface area contributed by atoms with Crippen LogP contribution in [-0.2, 0) is 4.79 Å². The Morgan fingerprint density at radius 1 is 1.30 bits per heavy atom. The van der Waals surface area contributed by atoms with Gasteiger partial charge in [0.25, 0.3) is 5.22 Å². The molecule has 1 aliphatic rings. The predicted molar refractivity (Wildman–Crippen MR) is 90.5 cm³/mol. The first-order chi connectivity index (χ1) is 11.1. The molecule has 1 aromatic heterocycles. The fourth-order valence-corrected chi connectivity index (χ4v) is 3.38. The molecule has 122 valence electrons. The van der Waals surface area contributed by atoms with E-state index in [9.17, 15) is 4.79 Å². The van der Waals surface area contributed by atoms with Gasteiger partial charge < -0.3 is 9.73 Å². The van der Waals surface area contributed by atoms with Crippen molar-refractivity contribution in [2.45, 2.75) is 49.1 Å². The summed E-state index contributed by atoms with van der Waals surface area (Å²) in [6.07, 6.45) is 4.54. The lowest BCUT2D eigenvalue weighted by atomic mass is 10.2. The minimum absolute atomic E-state index is 0.0214. The number of rotatable bonds is 5. The fourth-order valence-electron chi connectivity index (χ4n) is 2.56. The first kappa shape index (κ1) is 16.3.